The minimum atomic E-state index is -0.332. The van der Waals surface area contributed by atoms with E-state index in [0.717, 1.165) is 18.4 Å². The summed E-state index contributed by atoms with van der Waals surface area (Å²) in [7, 11) is 0. The van der Waals surface area contributed by atoms with Crippen molar-refractivity contribution in [2.75, 3.05) is 18.5 Å². The van der Waals surface area contributed by atoms with Gasteiger partial charge in [0.05, 0.1) is 19.2 Å². The minimum absolute atomic E-state index is 0.0557. The van der Waals surface area contributed by atoms with Gasteiger partial charge in [0.25, 0.3) is 5.56 Å². The van der Waals surface area contributed by atoms with Crippen LogP contribution >= 0.6 is 0 Å². The number of aliphatic hydroxyl groups excluding tert-OH is 1. The fourth-order valence-corrected chi connectivity index (χ4v) is 3.13. The highest BCUT2D eigenvalue weighted by Crippen LogP contribution is 2.17. The van der Waals surface area contributed by atoms with E-state index in [1.54, 1.807) is 27.8 Å². The molecule has 0 bridgehead atoms. The zero-order valence-electron chi connectivity index (χ0n) is 14.3. The molecule has 0 saturated carbocycles. The molecule has 2 amide bonds. The van der Waals surface area contributed by atoms with Gasteiger partial charge in [-0.3, -0.25) is 4.79 Å². The summed E-state index contributed by atoms with van der Waals surface area (Å²) in [5.41, 5.74) is 2.21. The molecule has 1 aromatic heterocycles. The van der Waals surface area contributed by atoms with Gasteiger partial charge in [-0.25, -0.2) is 4.79 Å². The van der Waals surface area contributed by atoms with E-state index in [9.17, 15) is 14.7 Å². The van der Waals surface area contributed by atoms with Crippen molar-refractivity contribution in [2.45, 2.75) is 32.4 Å². The van der Waals surface area contributed by atoms with Crippen LogP contribution in [-0.4, -0.2) is 39.8 Å². The molecule has 0 spiro atoms. The molecule has 1 aromatic carbocycles. The van der Waals surface area contributed by atoms with Crippen molar-refractivity contribution < 1.29 is 9.90 Å². The van der Waals surface area contributed by atoms with Gasteiger partial charge in [0, 0.05) is 12.7 Å². The minimum Gasteiger partial charge on any atom is -0.394 e. The lowest BCUT2D eigenvalue weighted by atomic mass is 10.1. The van der Waals surface area contributed by atoms with E-state index >= 15 is 0 Å². The number of rotatable bonds is 4. The van der Waals surface area contributed by atoms with Crippen molar-refractivity contribution in [1.29, 1.82) is 0 Å². The van der Waals surface area contributed by atoms with Crippen LogP contribution in [0.25, 0.3) is 0 Å². The summed E-state index contributed by atoms with van der Waals surface area (Å²) in [6.07, 6.45) is 3.37. The molecule has 6 heteroatoms. The number of carbonyl (C=O) groups is 1. The molecule has 3 rings (SSSR count). The van der Waals surface area contributed by atoms with Crippen LogP contribution in [0.3, 0.4) is 0 Å². The zero-order chi connectivity index (χ0) is 17.8. The monoisotopic (exact) mass is 341 g/mol. The molecular formula is C19H23N3O3. The summed E-state index contributed by atoms with van der Waals surface area (Å²) in [4.78, 5) is 26.6. The van der Waals surface area contributed by atoms with Gasteiger partial charge in [-0.05, 0) is 37.5 Å². The van der Waals surface area contributed by atoms with Gasteiger partial charge in [-0.15, -0.1) is 0 Å². The Hall–Kier alpha value is -2.60. The second kappa shape index (κ2) is 7.53. The Labute approximate surface area is 146 Å². The smallest absolute Gasteiger partial charge is 0.322 e. The van der Waals surface area contributed by atoms with E-state index in [0.29, 0.717) is 13.1 Å². The van der Waals surface area contributed by atoms with Gasteiger partial charge in [-0.1, -0.05) is 29.8 Å². The number of nitrogens with one attached hydrogen (secondary N) is 1. The molecule has 0 aliphatic carbocycles. The Balaban J connectivity index is 1.75. The van der Waals surface area contributed by atoms with E-state index in [2.05, 4.69) is 5.32 Å². The predicted octanol–water partition coefficient (Wildman–Crippen LogP) is 2.19. The number of hydrogen-bond donors (Lipinski definition) is 2. The lowest BCUT2D eigenvalue weighted by molar-refractivity contribution is 0.166. The molecule has 1 atom stereocenters. The first-order chi connectivity index (χ1) is 12.1. The highest BCUT2D eigenvalue weighted by atomic mass is 16.3. The third-order valence-electron chi connectivity index (χ3n) is 4.58. The first kappa shape index (κ1) is 17.2. The fraction of sp³-hybridized carbons (Fsp3) is 0.368. The Bertz CT molecular complexity index is 798. The average Bonchev–Trinajstić information content (AvgIpc) is 3.09. The molecule has 2 N–H and O–H groups in total. The van der Waals surface area contributed by atoms with Gasteiger partial charge in [0.2, 0.25) is 0 Å². The van der Waals surface area contributed by atoms with Crippen molar-refractivity contribution in [1.82, 2.24) is 9.47 Å². The number of benzene rings is 1. The lowest BCUT2D eigenvalue weighted by Gasteiger charge is -2.23. The lowest BCUT2D eigenvalue weighted by Crippen LogP contribution is -2.41. The normalized spacial score (nSPS) is 16.9. The quantitative estimate of drug-likeness (QED) is 0.895. The molecule has 0 radical (unpaired) electrons. The molecule has 132 valence electrons. The number of amides is 2. The van der Waals surface area contributed by atoms with E-state index in [4.69, 9.17) is 0 Å². The molecule has 0 unspecified atom stereocenters. The van der Waals surface area contributed by atoms with E-state index < -0.39 is 0 Å². The highest BCUT2D eigenvalue weighted by Gasteiger charge is 2.28. The Kier molecular flexibility index (Phi) is 5.19. The summed E-state index contributed by atoms with van der Waals surface area (Å²) in [6.45, 7) is 3.01. The third-order valence-corrected chi connectivity index (χ3v) is 4.58. The van der Waals surface area contributed by atoms with Gasteiger partial charge < -0.3 is 19.9 Å². The van der Waals surface area contributed by atoms with Crippen molar-refractivity contribution in [3.63, 3.8) is 0 Å². The number of nitrogens with zero attached hydrogens (tertiary/aromatic N) is 2. The molecule has 1 aliphatic heterocycles. The molecule has 2 heterocycles. The predicted molar refractivity (Wildman–Crippen MR) is 96.8 cm³/mol. The molecule has 1 saturated heterocycles. The number of anilines is 1. The van der Waals surface area contributed by atoms with E-state index in [1.807, 2.05) is 31.2 Å². The topological polar surface area (TPSA) is 74.6 Å². The molecule has 1 fully saturated rings. The SMILES string of the molecule is Cc1ccc(Cn2cccc(NC(=O)N3CCC[C@@H]3CO)c2=O)cc1. The van der Waals surface area contributed by atoms with Crippen LogP contribution in [0.4, 0.5) is 10.5 Å². The first-order valence-electron chi connectivity index (χ1n) is 8.52. The van der Waals surface area contributed by atoms with Crippen molar-refractivity contribution in [2.24, 2.45) is 0 Å². The van der Waals surface area contributed by atoms with Crippen LogP contribution in [0.1, 0.15) is 24.0 Å². The summed E-state index contributed by atoms with van der Waals surface area (Å²) >= 11 is 0. The maximum absolute atomic E-state index is 12.6. The van der Waals surface area contributed by atoms with Gasteiger partial charge in [0.15, 0.2) is 0 Å². The second-order valence-corrected chi connectivity index (χ2v) is 6.44. The number of urea groups is 1. The second-order valence-electron chi connectivity index (χ2n) is 6.44. The fourth-order valence-electron chi connectivity index (χ4n) is 3.13. The van der Waals surface area contributed by atoms with Crippen molar-refractivity contribution in [3.8, 4) is 0 Å². The molecule has 6 nitrogen and oxygen atoms in total. The standard InChI is InChI=1S/C19H23N3O3/c1-14-6-8-15(9-7-14)12-21-10-3-5-17(18(21)24)20-19(25)22-11-2-4-16(22)13-23/h3,5-10,16,23H,2,4,11-13H2,1H3,(H,20,25)/t16-/m1/s1. The number of likely N-dealkylation sites (tertiary alicyclic amines) is 1. The summed E-state index contributed by atoms with van der Waals surface area (Å²) in [5.74, 6) is 0. The summed E-state index contributed by atoms with van der Waals surface area (Å²) in [5, 5.41) is 12.0. The van der Waals surface area contributed by atoms with E-state index in [1.165, 1.54) is 5.56 Å². The average molecular weight is 341 g/mol. The maximum atomic E-state index is 12.6. The molecule has 2 aromatic rings. The zero-order valence-corrected chi connectivity index (χ0v) is 14.3. The Morgan fingerprint density at radius 1 is 1.28 bits per heavy atom. The summed E-state index contributed by atoms with van der Waals surface area (Å²) in [6, 6.07) is 10.9. The van der Waals surface area contributed by atoms with Crippen molar-refractivity contribution >= 4 is 11.7 Å². The third kappa shape index (κ3) is 3.91. The van der Waals surface area contributed by atoms with Gasteiger partial charge in [-0.2, -0.15) is 0 Å². The van der Waals surface area contributed by atoms with Crippen LogP contribution in [0, 0.1) is 6.92 Å². The van der Waals surface area contributed by atoms with Crippen LogP contribution in [0.5, 0.6) is 0 Å². The van der Waals surface area contributed by atoms with Gasteiger partial charge in [0.1, 0.15) is 5.69 Å². The number of aromatic nitrogens is 1. The maximum Gasteiger partial charge on any atom is 0.322 e. The van der Waals surface area contributed by atoms with Crippen LogP contribution in [-0.2, 0) is 6.54 Å². The number of aryl methyl sites for hydroxylation is 1. The number of hydrogen-bond acceptors (Lipinski definition) is 3. The Morgan fingerprint density at radius 3 is 2.76 bits per heavy atom. The highest BCUT2D eigenvalue weighted by molar-refractivity contribution is 5.89. The van der Waals surface area contributed by atoms with Crippen LogP contribution in [0.2, 0.25) is 0 Å². The number of aliphatic hydroxyl groups is 1. The van der Waals surface area contributed by atoms with Crippen LogP contribution < -0.4 is 10.9 Å². The van der Waals surface area contributed by atoms with Gasteiger partial charge >= 0.3 is 6.03 Å². The first-order valence-corrected chi connectivity index (χ1v) is 8.52. The Morgan fingerprint density at radius 2 is 2.04 bits per heavy atom. The molecule has 25 heavy (non-hydrogen) atoms. The van der Waals surface area contributed by atoms with Crippen LogP contribution in [0.15, 0.2) is 47.4 Å². The number of pyridine rings is 1. The molecule has 1 aliphatic rings. The molecular weight excluding hydrogens is 318 g/mol. The number of carbonyl (C=O) groups excluding carboxylic acids is 1. The summed E-state index contributed by atoms with van der Waals surface area (Å²) < 4.78 is 1.58. The van der Waals surface area contributed by atoms with E-state index in [-0.39, 0.29) is 29.9 Å². The van der Waals surface area contributed by atoms with Crippen molar-refractivity contribution in [3.05, 3.63) is 64.1 Å². The largest absolute Gasteiger partial charge is 0.394 e.